The molecular weight excluding hydrogens is 304 g/mol. The van der Waals surface area contributed by atoms with E-state index in [0.29, 0.717) is 0 Å². The Morgan fingerprint density at radius 3 is 2.74 bits per heavy atom. The van der Waals surface area contributed by atoms with Gasteiger partial charge in [0.15, 0.2) is 0 Å². The number of benzene rings is 1. The zero-order valence-electron chi connectivity index (χ0n) is 10.7. The van der Waals surface area contributed by atoms with Crippen molar-refractivity contribution in [3.63, 3.8) is 0 Å². The van der Waals surface area contributed by atoms with Crippen LogP contribution in [0.25, 0.3) is 0 Å². The van der Waals surface area contributed by atoms with E-state index in [0.717, 1.165) is 12.2 Å². The number of rotatable bonds is 6. The Hall–Kier alpha value is -0.740. The van der Waals surface area contributed by atoms with Gasteiger partial charge in [-0.15, -0.1) is 0 Å². The molecule has 0 amide bonds. The highest BCUT2D eigenvalue weighted by Gasteiger charge is 2.18. The molecule has 0 saturated heterocycles. The highest BCUT2D eigenvalue weighted by atomic mass is 35.5. The molecular formula is C12H15ClN2O2S2. The Kier molecular flexibility index (Phi) is 6.14. The maximum absolute atomic E-state index is 12.1. The second-order valence-electron chi connectivity index (χ2n) is 4.06. The predicted octanol–water partition coefficient (Wildman–Crippen LogP) is 2.63. The highest BCUT2D eigenvalue weighted by Crippen LogP contribution is 2.20. The Bertz CT molecular complexity index is 582. The number of nitrogens with one attached hydrogen (secondary N) is 1. The first-order valence-electron chi connectivity index (χ1n) is 5.61. The molecule has 1 rings (SSSR count). The average Bonchev–Trinajstić information content (AvgIpc) is 2.35. The SMILES string of the molecule is CSCCC(C)NS(=O)(=O)c1ccc(C#N)c(Cl)c1. The van der Waals surface area contributed by atoms with Crippen molar-refractivity contribution in [2.45, 2.75) is 24.3 Å². The molecule has 0 radical (unpaired) electrons. The number of hydrogen-bond donors (Lipinski definition) is 1. The number of thioether (sulfide) groups is 1. The molecule has 0 saturated carbocycles. The number of sulfonamides is 1. The smallest absolute Gasteiger partial charge is 0.208 e. The second-order valence-corrected chi connectivity index (χ2v) is 7.16. The largest absolute Gasteiger partial charge is 0.240 e. The van der Waals surface area contributed by atoms with Gasteiger partial charge >= 0.3 is 0 Å². The van der Waals surface area contributed by atoms with Crippen LogP contribution in [0.1, 0.15) is 18.9 Å². The fraction of sp³-hybridized carbons (Fsp3) is 0.417. The van der Waals surface area contributed by atoms with Gasteiger partial charge in [-0.3, -0.25) is 0 Å². The minimum Gasteiger partial charge on any atom is -0.208 e. The van der Waals surface area contributed by atoms with Crippen LogP contribution < -0.4 is 4.72 Å². The van der Waals surface area contributed by atoms with Gasteiger partial charge in [-0.25, -0.2) is 13.1 Å². The Labute approximate surface area is 123 Å². The summed E-state index contributed by atoms with van der Waals surface area (Å²) in [6, 6.07) is 5.83. The van der Waals surface area contributed by atoms with Gasteiger partial charge in [-0.2, -0.15) is 17.0 Å². The lowest BCUT2D eigenvalue weighted by Gasteiger charge is -2.13. The van der Waals surface area contributed by atoms with Gasteiger partial charge in [-0.05, 0) is 43.6 Å². The van der Waals surface area contributed by atoms with Crippen LogP contribution in [0.2, 0.25) is 5.02 Å². The third-order valence-corrected chi connectivity index (χ3v) is 5.03. The Balaban J connectivity index is 2.89. The van der Waals surface area contributed by atoms with E-state index < -0.39 is 10.0 Å². The van der Waals surface area contributed by atoms with Crippen LogP contribution in [0.3, 0.4) is 0 Å². The standard InChI is InChI=1S/C12H15ClN2O2S2/c1-9(5-6-18-2)15-19(16,17)11-4-3-10(8-14)12(13)7-11/h3-4,7,9,15H,5-6H2,1-2H3. The number of hydrogen-bond acceptors (Lipinski definition) is 4. The molecule has 0 aromatic heterocycles. The summed E-state index contributed by atoms with van der Waals surface area (Å²) in [6.07, 6.45) is 2.73. The van der Waals surface area contributed by atoms with Crippen molar-refractivity contribution in [2.75, 3.05) is 12.0 Å². The van der Waals surface area contributed by atoms with E-state index in [1.807, 2.05) is 19.2 Å². The molecule has 1 N–H and O–H groups in total. The normalized spacial score (nSPS) is 12.9. The quantitative estimate of drug-likeness (QED) is 0.875. The van der Waals surface area contributed by atoms with Crippen LogP contribution in [0.5, 0.6) is 0 Å². The van der Waals surface area contributed by atoms with Gasteiger partial charge in [-0.1, -0.05) is 11.6 Å². The number of nitrogens with zero attached hydrogens (tertiary/aromatic N) is 1. The zero-order chi connectivity index (χ0) is 14.5. The van der Waals surface area contributed by atoms with E-state index in [-0.39, 0.29) is 21.5 Å². The van der Waals surface area contributed by atoms with E-state index in [1.54, 1.807) is 11.8 Å². The maximum atomic E-state index is 12.1. The summed E-state index contributed by atoms with van der Waals surface area (Å²) in [7, 11) is -3.59. The Morgan fingerprint density at radius 1 is 1.53 bits per heavy atom. The van der Waals surface area contributed by atoms with Crippen LogP contribution in [-0.4, -0.2) is 26.5 Å². The van der Waals surface area contributed by atoms with Crippen molar-refractivity contribution < 1.29 is 8.42 Å². The third kappa shape index (κ3) is 4.69. The topological polar surface area (TPSA) is 70.0 Å². The molecule has 1 aromatic carbocycles. The first kappa shape index (κ1) is 16.3. The molecule has 1 unspecified atom stereocenters. The van der Waals surface area contributed by atoms with Crippen LogP contribution in [-0.2, 0) is 10.0 Å². The third-order valence-electron chi connectivity index (χ3n) is 2.48. The van der Waals surface area contributed by atoms with Gasteiger partial charge < -0.3 is 0 Å². The van der Waals surface area contributed by atoms with Gasteiger partial charge in [0.2, 0.25) is 10.0 Å². The zero-order valence-corrected chi connectivity index (χ0v) is 13.1. The molecule has 19 heavy (non-hydrogen) atoms. The lowest BCUT2D eigenvalue weighted by Crippen LogP contribution is -2.33. The first-order chi connectivity index (χ1) is 8.90. The molecule has 1 atom stereocenters. The molecule has 7 heteroatoms. The molecule has 4 nitrogen and oxygen atoms in total. The minimum atomic E-state index is -3.59. The molecule has 0 spiro atoms. The number of nitriles is 1. The van der Waals surface area contributed by atoms with E-state index in [1.165, 1.54) is 18.2 Å². The second kappa shape index (κ2) is 7.15. The summed E-state index contributed by atoms with van der Waals surface area (Å²) < 4.78 is 26.8. The van der Waals surface area contributed by atoms with Gasteiger partial charge in [0, 0.05) is 6.04 Å². The van der Waals surface area contributed by atoms with E-state index in [4.69, 9.17) is 16.9 Å². The van der Waals surface area contributed by atoms with Crippen molar-refractivity contribution in [1.82, 2.24) is 4.72 Å². The molecule has 0 heterocycles. The van der Waals surface area contributed by atoms with E-state index in [2.05, 4.69) is 4.72 Å². The summed E-state index contributed by atoms with van der Waals surface area (Å²) in [5.74, 6) is 0.887. The summed E-state index contributed by atoms with van der Waals surface area (Å²) >= 11 is 7.50. The molecule has 104 valence electrons. The Morgan fingerprint density at radius 2 is 2.21 bits per heavy atom. The van der Waals surface area contributed by atoms with Crippen molar-refractivity contribution in [1.29, 1.82) is 5.26 Å². The fourth-order valence-electron chi connectivity index (χ4n) is 1.44. The molecule has 0 fully saturated rings. The monoisotopic (exact) mass is 318 g/mol. The van der Waals surface area contributed by atoms with Crippen molar-refractivity contribution in [2.24, 2.45) is 0 Å². The molecule has 0 aliphatic rings. The molecule has 0 bridgehead atoms. The highest BCUT2D eigenvalue weighted by molar-refractivity contribution is 7.98. The molecule has 0 aliphatic heterocycles. The summed E-state index contributed by atoms with van der Waals surface area (Å²) in [6.45, 7) is 1.82. The van der Waals surface area contributed by atoms with E-state index in [9.17, 15) is 8.42 Å². The summed E-state index contributed by atoms with van der Waals surface area (Å²) in [5, 5.41) is 8.89. The average molecular weight is 319 g/mol. The van der Waals surface area contributed by atoms with Gasteiger partial charge in [0.05, 0.1) is 15.5 Å². The summed E-state index contributed by atoms with van der Waals surface area (Å²) in [4.78, 5) is 0.0764. The predicted molar refractivity (Wildman–Crippen MR) is 78.9 cm³/mol. The van der Waals surface area contributed by atoms with Crippen molar-refractivity contribution in [3.05, 3.63) is 28.8 Å². The first-order valence-corrected chi connectivity index (χ1v) is 8.87. The number of halogens is 1. The molecule has 0 aliphatic carbocycles. The lowest BCUT2D eigenvalue weighted by molar-refractivity contribution is 0.557. The van der Waals surface area contributed by atoms with E-state index >= 15 is 0 Å². The van der Waals surface area contributed by atoms with Crippen LogP contribution in [0.15, 0.2) is 23.1 Å². The van der Waals surface area contributed by atoms with Crippen LogP contribution in [0, 0.1) is 11.3 Å². The maximum Gasteiger partial charge on any atom is 0.240 e. The van der Waals surface area contributed by atoms with Gasteiger partial charge in [0.25, 0.3) is 0 Å². The van der Waals surface area contributed by atoms with Gasteiger partial charge in [0.1, 0.15) is 6.07 Å². The van der Waals surface area contributed by atoms with Crippen LogP contribution >= 0.6 is 23.4 Å². The lowest BCUT2D eigenvalue weighted by atomic mass is 10.2. The van der Waals surface area contributed by atoms with Crippen molar-refractivity contribution in [3.8, 4) is 6.07 Å². The summed E-state index contributed by atoms with van der Waals surface area (Å²) in [5.41, 5.74) is 0.260. The van der Waals surface area contributed by atoms with Crippen LogP contribution in [0.4, 0.5) is 0 Å². The molecule has 1 aromatic rings. The minimum absolute atomic E-state index is 0.0764. The fourth-order valence-corrected chi connectivity index (χ4v) is 3.62. The van der Waals surface area contributed by atoms with Crippen molar-refractivity contribution >= 4 is 33.4 Å².